The molecule has 0 bridgehead atoms. The number of fused-ring (bicyclic) bond motifs is 7. The third-order valence-corrected chi connectivity index (χ3v) is 16.9. The Hall–Kier alpha value is -3.14. The Bertz CT molecular complexity index is 1870. The number of nitrogens with zero attached hydrogens (tertiary/aromatic N) is 2. The van der Waals surface area contributed by atoms with Crippen molar-refractivity contribution in [1.82, 2.24) is 15.3 Å². The normalized spacial score (nSPS) is 37.3. The molecule has 5 fully saturated rings. The van der Waals surface area contributed by atoms with Gasteiger partial charge in [-0.05, 0) is 115 Å². The van der Waals surface area contributed by atoms with Crippen molar-refractivity contribution in [2.75, 3.05) is 0 Å². The SMILES string of the molecule is CC(C)C1=C2[C@H]3CC[C@@H]4[C@@]5(C)CC[C@H](OC(=O)CC(C)(C)C(N)=O)C(C)(C)[C@@H]5CC[C@@]4(C)[C@]3(C)CCC2(C(=O)C(=O)NC2(c3ncc(Cl)cn3)CC2)CC1=O. The Morgan fingerprint density at radius 1 is 0.909 bits per heavy atom. The average molecular weight is 777 g/mol. The zero-order chi connectivity index (χ0) is 40.3. The minimum Gasteiger partial charge on any atom is -0.462 e. The molecular weight excluding hydrogens is 716 g/mol. The molecule has 6 aliphatic rings. The minimum absolute atomic E-state index is 0.00675. The number of amides is 2. The molecule has 7 rings (SSSR count). The summed E-state index contributed by atoms with van der Waals surface area (Å²) >= 11 is 6.04. The maximum Gasteiger partial charge on any atom is 0.307 e. The monoisotopic (exact) mass is 776 g/mol. The molecule has 1 aromatic heterocycles. The number of hydrogen-bond donors (Lipinski definition) is 2. The van der Waals surface area contributed by atoms with Gasteiger partial charge in [0.2, 0.25) is 11.7 Å². The zero-order valence-electron chi connectivity index (χ0n) is 34.3. The number of rotatable bonds is 9. The van der Waals surface area contributed by atoms with Crippen LogP contribution < -0.4 is 11.1 Å². The third-order valence-electron chi connectivity index (χ3n) is 16.7. The first-order valence-electron chi connectivity index (χ1n) is 20.6. The molecule has 3 N–H and O–H groups in total. The molecule has 0 spiro atoms. The predicted molar refractivity (Wildman–Crippen MR) is 208 cm³/mol. The first-order chi connectivity index (χ1) is 25.5. The van der Waals surface area contributed by atoms with Gasteiger partial charge in [0.1, 0.15) is 11.6 Å². The smallest absolute Gasteiger partial charge is 0.307 e. The number of aromatic nitrogens is 2. The molecular formula is C44H61ClN4O6. The van der Waals surface area contributed by atoms with E-state index in [4.69, 9.17) is 22.1 Å². The maximum absolute atomic E-state index is 14.8. The standard InChI is InChI=1S/C44H61ClN4O6/c1-24(2)32-27(50)20-43(34(52)35(53)49-44(18-19-44)37-47-22-25(45)23-48-37)17-16-41(8)26(33(32)43)10-11-29-40(7)14-13-30(55-31(51)21-38(3,4)36(46)54)39(5,6)28(40)12-15-42(29,41)9/h22-24,26,28-30H,10-21H2,1-9H3,(H2,46,54)(H,49,53)/t26-,28+,29-,30+,40+,41-,42-,43?/m1/s1. The molecule has 8 atom stereocenters. The van der Waals surface area contributed by atoms with Crippen LogP contribution in [0, 0.1) is 56.2 Å². The van der Waals surface area contributed by atoms with Crippen LogP contribution in [0.5, 0.6) is 0 Å². The number of allylic oxidation sites excluding steroid dienone is 2. The van der Waals surface area contributed by atoms with E-state index in [0.29, 0.717) is 41.9 Å². The summed E-state index contributed by atoms with van der Waals surface area (Å²) in [6.45, 7) is 19.3. The van der Waals surface area contributed by atoms with Crippen LogP contribution in [-0.2, 0) is 34.2 Å². The lowest BCUT2D eigenvalue weighted by molar-refractivity contribution is -0.233. The molecule has 0 radical (unpaired) electrons. The Morgan fingerprint density at radius 2 is 1.56 bits per heavy atom. The highest BCUT2D eigenvalue weighted by atomic mass is 35.5. The highest BCUT2D eigenvalue weighted by Gasteiger charge is 2.71. The summed E-state index contributed by atoms with van der Waals surface area (Å²) in [5, 5.41) is 3.43. The summed E-state index contributed by atoms with van der Waals surface area (Å²) < 4.78 is 6.20. The van der Waals surface area contributed by atoms with Crippen LogP contribution in [0.4, 0.5) is 0 Å². The number of halogens is 1. The first kappa shape index (κ1) is 40.1. The number of carbonyl (C=O) groups is 5. The molecule has 1 aromatic rings. The Kier molecular flexibility index (Phi) is 9.43. The number of nitrogens with two attached hydrogens (primary N) is 1. The van der Waals surface area contributed by atoms with Crippen LogP contribution in [0.25, 0.3) is 0 Å². The molecule has 10 nitrogen and oxygen atoms in total. The lowest BCUT2D eigenvalue weighted by atomic mass is 9.33. The Morgan fingerprint density at radius 3 is 2.16 bits per heavy atom. The second kappa shape index (κ2) is 12.9. The quantitative estimate of drug-likeness (QED) is 0.192. The molecule has 55 heavy (non-hydrogen) atoms. The van der Waals surface area contributed by atoms with Gasteiger partial charge < -0.3 is 15.8 Å². The molecule has 5 saturated carbocycles. The summed E-state index contributed by atoms with van der Waals surface area (Å²) in [6.07, 6.45) is 10.8. The number of esters is 1. The fourth-order valence-electron chi connectivity index (χ4n) is 13.3. The Labute approximate surface area is 331 Å². The fourth-order valence-corrected chi connectivity index (χ4v) is 13.4. The van der Waals surface area contributed by atoms with E-state index in [-0.39, 0.29) is 64.2 Å². The van der Waals surface area contributed by atoms with Crippen LogP contribution in [0.1, 0.15) is 145 Å². The fraction of sp³-hybridized carbons (Fsp3) is 0.750. The summed E-state index contributed by atoms with van der Waals surface area (Å²) in [4.78, 5) is 76.8. The second-order valence-corrected chi connectivity index (χ2v) is 21.1. The summed E-state index contributed by atoms with van der Waals surface area (Å²) in [6, 6.07) is 0. The maximum atomic E-state index is 14.8. The lowest BCUT2D eigenvalue weighted by Gasteiger charge is -2.72. The van der Waals surface area contributed by atoms with E-state index in [0.717, 1.165) is 56.1 Å². The number of ketones is 2. The highest BCUT2D eigenvalue weighted by molar-refractivity contribution is 6.40. The first-order valence-corrected chi connectivity index (χ1v) is 21.0. The van der Waals surface area contributed by atoms with E-state index in [1.54, 1.807) is 13.8 Å². The average Bonchev–Trinajstić information content (AvgIpc) is 3.80. The number of ether oxygens (including phenoxy) is 1. The number of nitrogens with one attached hydrogen (secondary N) is 1. The molecule has 11 heteroatoms. The van der Waals surface area contributed by atoms with Crippen molar-refractivity contribution in [3.63, 3.8) is 0 Å². The van der Waals surface area contributed by atoms with Gasteiger partial charge in [0, 0.05) is 24.2 Å². The summed E-state index contributed by atoms with van der Waals surface area (Å²) in [7, 11) is 0. The molecule has 0 aromatic carbocycles. The van der Waals surface area contributed by atoms with Crippen LogP contribution in [-0.4, -0.2) is 45.4 Å². The van der Waals surface area contributed by atoms with Crippen molar-refractivity contribution in [3.05, 3.63) is 34.4 Å². The van der Waals surface area contributed by atoms with E-state index in [9.17, 15) is 24.0 Å². The van der Waals surface area contributed by atoms with Gasteiger partial charge in [-0.25, -0.2) is 9.97 Å². The van der Waals surface area contributed by atoms with Crippen molar-refractivity contribution in [1.29, 1.82) is 0 Å². The van der Waals surface area contributed by atoms with Gasteiger partial charge in [0.05, 0.1) is 22.3 Å². The van der Waals surface area contributed by atoms with Gasteiger partial charge in [-0.1, -0.05) is 73.9 Å². The predicted octanol–water partition coefficient (Wildman–Crippen LogP) is 7.60. The number of primary amides is 1. The lowest BCUT2D eigenvalue weighted by Crippen LogP contribution is -2.66. The minimum atomic E-state index is -1.14. The van der Waals surface area contributed by atoms with E-state index < -0.39 is 34.0 Å². The van der Waals surface area contributed by atoms with E-state index in [2.05, 4.69) is 49.9 Å². The highest BCUT2D eigenvalue weighted by Crippen LogP contribution is 2.77. The van der Waals surface area contributed by atoms with E-state index >= 15 is 0 Å². The molecule has 300 valence electrons. The van der Waals surface area contributed by atoms with Crippen LogP contribution >= 0.6 is 11.6 Å². The second-order valence-electron chi connectivity index (χ2n) is 20.6. The third kappa shape index (κ3) is 5.87. The number of hydrogen-bond acceptors (Lipinski definition) is 8. The van der Waals surface area contributed by atoms with Gasteiger partial charge in [-0.2, -0.15) is 0 Å². The summed E-state index contributed by atoms with van der Waals surface area (Å²) in [5.74, 6) is -0.921. The van der Waals surface area contributed by atoms with E-state index in [1.165, 1.54) is 12.4 Å². The van der Waals surface area contributed by atoms with Gasteiger partial charge in [-0.3, -0.25) is 24.0 Å². The topological polar surface area (TPSA) is 158 Å². The van der Waals surface area contributed by atoms with Gasteiger partial charge in [0.25, 0.3) is 5.91 Å². The Balaban J connectivity index is 1.17. The van der Waals surface area contributed by atoms with Crippen molar-refractivity contribution in [3.8, 4) is 0 Å². The molecule has 1 unspecified atom stereocenters. The van der Waals surface area contributed by atoms with Crippen LogP contribution in [0.15, 0.2) is 23.5 Å². The molecule has 2 amide bonds. The van der Waals surface area contributed by atoms with Gasteiger partial charge in [-0.15, -0.1) is 0 Å². The number of Topliss-reactive ketones (excluding diaryl/α,β-unsaturated/α-hetero) is 2. The summed E-state index contributed by atoms with van der Waals surface area (Å²) in [5.41, 5.74) is 3.84. The van der Waals surface area contributed by atoms with Crippen molar-refractivity contribution in [2.45, 2.75) is 151 Å². The molecule has 6 aliphatic carbocycles. The van der Waals surface area contributed by atoms with Gasteiger partial charge in [0.15, 0.2) is 11.6 Å². The molecule has 1 heterocycles. The van der Waals surface area contributed by atoms with Crippen molar-refractivity contribution in [2.24, 2.45) is 61.9 Å². The van der Waals surface area contributed by atoms with E-state index in [1.807, 2.05) is 13.8 Å². The van der Waals surface area contributed by atoms with Gasteiger partial charge >= 0.3 is 5.97 Å². The molecule has 0 aliphatic heterocycles. The molecule has 0 saturated heterocycles. The number of carbonyl (C=O) groups excluding carboxylic acids is 5. The van der Waals surface area contributed by atoms with Crippen molar-refractivity contribution < 1.29 is 28.7 Å². The zero-order valence-corrected chi connectivity index (χ0v) is 35.1. The van der Waals surface area contributed by atoms with Crippen LogP contribution in [0.3, 0.4) is 0 Å². The van der Waals surface area contributed by atoms with Crippen molar-refractivity contribution >= 4 is 41.0 Å². The largest absolute Gasteiger partial charge is 0.462 e. The van der Waals surface area contributed by atoms with Crippen LogP contribution in [0.2, 0.25) is 5.02 Å².